The highest BCUT2D eigenvalue weighted by Crippen LogP contribution is 2.10. The molecule has 0 aliphatic rings. The van der Waals surface area contributed by atoms with E-state index in [0.717, 1.165) is 0 Å². The number of hydrogen-bond donors (Lipinski definition) is 3. The summed E-state index contributed by atoms with van der Waals surface area (Å²) in [5.74, 6) is -1.39. The van der Waals surface area contributed by atoms with Gasteiger partial charge >= 0.3 is 5.97 Å². The zero-order valence-corrected chi connectivity index (χ0v) is 9.92. The van der Waals surface area contributed by atoms with E-state index >= 15 is 0 Å². The van der Waals surface area contributed by atoms with Gasteiger partial charge in [-0.05, 0) is 18.2 Å². The van der Waals surface area contributed by atoms with Crippen molar-refractivity contribution in [1.82, 2.24) is 5.32 Å². The number of benzene rings is 1. The molecule has 18 heavy (non-hydrogen) atoms. The third-order valence-electron chi connectivity index (χ3n) is 2.33. The van der Waals surface area contributed by atoms with E-state index in [1.54, 1.807) is 12.1 Å². The molecule has 1 amide bonds. The van der Waals surface area contributed by atoms with Gasteiger partial charge in [0.2, 0.25) is 0 Å². The fourth-order valence-corrected chi connectivity index (χ4v) is 1.39. The molecule has 0 fully saturated rings. The van der Waals surface area contributed by atoms with Crippen LogP contribution in [0.2, 0.25) is 0 Å². The van der Waals surface area contributed by atoms with Crippen molar-refractivity contribution in [2.75, 3.05) is 13.7 Å². The Labute approximate surface area is 104 Å². The van der Waals surface area contributed by atoms with Gasteiger partial charge < -0.3 is 20.3 Å². The van der Waals surface area contributed by atoms with Crippen molar-refractivity contribution in [2.24, 2.45) is 0 Å². The quantitative estimate of drug-likeness (QED) is 0.690. The molecule has 0 aliphatic carbocycles. The average Bonchev–Trinajstić information content (AvgIpc) is 2.33. The van der Waals surface area contributed by atoms with Crippen LogP contribution in [0.1, 0.15) is 16.8 Å². The summed E-state index contributed by atoms with van der Waals surface area (Å²) in [6.07, 6.45) is -0.764. The molecule has 1 aromatic rings. The Hall–Kier alpha value is -2.08. The summed E-state index contributed by atoms with van der Waals surface area (Å²) in [4.78, 5) is 22.2. The number of amides is 1. The number of methoxy groups -OCH3 is 1. The minimum atomic E-state index is -0.992. The summed E-state index contributed by atoms with van der Waals surface area (Å²) in [6.45, 7) is 0.0945. The lowest BCUT2D eigenvalue weighted by atomic mass is 10.2. The van der Waals surface area contributed by atoms with E-state index in [1.807, 2.05) is 0 Å². The highest BCUT2D eigenvalue weighted by Gasteiger charge is 2.14. The van der Waals surface area contributed by atoms with E-state index in [2.05, 4.69) is 5.32 Å². The van der Waals surface area contributed by atoms with Crippen molar-refractivity contribution in [1.29, 1.82) is 0 Å². The van der Waals surface area contributed by atoms with Gasteiger partial charge in [-0.15, -0.1) is 0 Å². The molecule has 1 rings (SSSR count). The molecule has 0 bridgehead atoms. The summed E-state index contributed by atoms with van der Waals surface area (Å²) in [7, 11) is 1.38. The minimum Gasteiger partial charge on any atom is -0.508 e. The van der Waals surface area contributed by atoms with Gasteiger partial charge in [-0.1, -0.05) is 6.07 Å². The van der Waals surface area contributed by atoms with Crippen molar-refractivity contribution < 1.29 is 24.5 Å². The largest absolute Gasteiger partial charge is 0.508 e. The lowest BCUT2D eigenvalue weighted by Gasteiger charge is -2.13. The lowest BCUT2D eigenvalue weighted by molar-refractivity contribution is -0.139. The van der Waals surface area contributed by atoms with Crippen LogP contribution in [0.3, 0.4) is 0 Å². The van der Waals surface area contributed by atoms with Crippen LogP contribution in [0, 0.1) is 0 Å². The van der Waals surface area contributed by atoms with Gasteiger partial charge in [0.15, 0.2) is 0 Å². The molecule has 1 unspecified atom stereocenters. The van der Waals surface area contributed by atoms with Crippen LogP contribution in [0.15, 0.2) is 24.3 Å². The number of ether oxygens (including phenoxy) is 1. The van der Waals surface area contributed by atoms with Crippen molar-refractivity contribution >= 4 is 11.9 Å². The Bertz CT molecular complexity index is 432. The number of hydrogen-bond acceptors (Lipinski definition) is 4. The summed E-state index contributed by atoms with van der Waals surface area (Å²) in [5, 5.41) is 20.4. The molecule has 0 saturated carbocycles. The van der Waals surface area contributed by atoms with Gasteiger partial charge in [0.1, 0.15) is 5.75 Å². The van der Waals surface area contributed by atoms with Gasteiger partial charge in [-0.3, -0.25) is 9.59 Å². The molecule has 1 aromatic carbocycles. The van der Waals surface area contributed by atoms with Gasteiger partial charge in [0.25, 0.3) is 5.91 Å². The van der Waals surface area contributed by atoms with Crippen molar-refractivity contribution in [3.8, 4) is 5.75 Å². The maximum Gasteiger partial charge on any atom is 0.306 e. The normalized spacial score (nSPS) is 11.8. The van der Waals surface area contributed by atoms with Crippen molar-refractivity contribution in [3.63, 3.8) is 0 Å². The van der Waals surface area contributed by atoms with Crippen molar-refractivity contribution in [2.45, 2.75) is 12.5 Å². The summed E-state index contributed by atoms with van der Waals surface area (Å²) in [6, 6.07) is 5.89. The van der Waals surface area contributed by atoms with Crippen LogP contribution in [0.4, 0.5) is 0 Å². The molecule has 0 saturated heterocycles. The number of aromatic hydroxyl groups is 1. The first-order valence-corrected chi connectivity index (χ1v) is 5.34. The van der Waals surface area contributed by atoms with E-state index in [4.69, 9.17) is 9.84 Å². The summed E-state index contributed by atoms with van der Waals surface area (Å²) >= 11 is 0. The SMILES string of the molecule is COC(CNC(=O)c1cccc(O)c1)CC(=O)O. The van der Waals surface area contributed by atoms with E-state index in [-0.39, 0.29) is 18.7 Å². The zero-order valence-electron chi connectivity index (χ0n) is 9.92. The molecule has 3 N–H and O–H groups in total. The number of phenolic OH excluding ortho intramolecular Hbond substituents is 1. The summed E-state index contributed by atoms with van der Waals surface area (Å²) < 4.78 is 4.93. The first-order chi connectivity index (χ1) is 8.52. The maximum atomic E-state index is 11.7. The second kappa shape index (κ2) is 6.61. The predicted molar refractivity (Wildman–Crippen MR) is 63.5 cm³/mol. The molecule has 6 nitrogen and oxygen atoms in total. The topological polar surface area (TPSA) is 95.9 Å². The highest BCUT2D eigenvalue weighted by atomic mass is 16.5. The molecule has 98 valence electrons. The van der Waals surface area contributed by atoms with Crippen LogP contribution in [-0.2, 0) is 9.53 Å². The van der Waals surface area contributed by atoms with Crippen LogP contribution in [-0.4, -0.2) is 41.8 Å². The molecule has 0 heterocycles. The Kier molecular flexibility index (Phi) is 5.13. The second-order valence-corrected chi connectivity index (χ2v) is 3.72. The molecule has 0 aromatic heterocycles. The van der Waals surface area contributed by atoms with Crippen molar-refractivity contribution in [3.05, 3.63) is 29.8 Å². The molecule has 6 heteroatoms. The number of carbonyl (C=O) groups is 2. The van der Waals surface area contributed by atoms with Gasteiger partial charge in [0, 0.05) is 19.2 Å². The standard InChI is InChI=1S/C12H15NO5/c1-18-10(6-11(15)16)7-13-12(17)8-3-2-4-9(14)5-8/h2-5,10,14H,6-7H2,1H3,(H,13,17)(H,15,16). The third kappa shape index (κ3) is 4.42. The fraction of sp³-hybridized carbons (Fsp3) is 0.333. The molecule has 0 spiro atoms. The van der Waals surface area contributed by atoms with Gasteiger partial charge in [-0.25, -0.2) is 0 Å². The first-order valence-electron chi connectivity index (χ1n) is 5.34. The Morgan fingerprint density at radius 3 is 2.72 bits per heavy atom. The second-order valence-electron chi connectivity index (χ2n) is 3.72. The van der Waals surface area contributed by atoms with Crippen LogP contribution < -0.4 is 5.32 Å². The van der Waals surface area contributed by atoms with E-state index in [9.17, 15) is 14.7 Å². The monoisotopic (exact) mass is 253 g/mol. The number of phenols is 1. The van der Waals surface area contributed by atoms with E-state index in [0.29, 0.717) is 5.56 Å². The number of rotatable bonds is 6. The number of carbonyl (C=O) groups excluding carboxylic acids is 1. The third-order valence-corrected chi connectivity index (χ3v) is 2.33. The number of carboxylic acids is 1. The number of aliphatic carboxylic acids is 1. The zero-order chi connectivity index (χ0) is 13.5. The molecule has 0 radical (unpaired) electrons. The van der Waals surface area contributed by atoms with Crippen LogP contribution in [0.5, 0.6) is 5.75 Å². The minimum absolute atomic E-state index is 0.00326. The summed E-state index contributed by atoms with van der Waals surface area (Å²) in [5.41, 5.74) is 0.306. The average molecular weight is 253 g/mol. The van der Waals surface area contributed by atoms with E-state index in [1.165, 1.54) is 19.2 Å². The van der Waals surface area contributed by atoms with Crippen LogP contribution >= 0.6 is 0 Å². The Morgan fingerprint density at radius 1 is 1.44 bits per heavy atom. The number of nitrogens with one attached hydrogen (secondary N) is 1. The fourth-order valence-electron chi connectivity index (χ4n) is 1.39. The molecular weight excluding hydrogens is 238 g/mol. The molecular formula is C12H15NO5. The highest BCUT2D eigenvalue weighted by molar-refractivity contribution is 5.94. The van der Waals surface area contributed by atoms with E-state index < -0.39 is 18.0 Å². The first kappa shape index (κ1) is 14.0. The molecule has 1 atom stereocenters. The lowest BCUT2D eigenvalue weighted by Crippen LogP contribution is -2.34. The van der Waals surface area contributed by atoms with Crippen LogP contribution in [0.25, 0.3) is 0 Å². The molecule has 0 aliphatic heterocycles. The van der Waals surface area contributed by atoms with Gasteiger partial charge in [0.05, 0.1) is 12.5 Å². The maximum absolute atomic E-state index is 11.7. The smallest absolute Gasteiger partial charge is 0.306 e. The number of carboxylic acid groups (broad SMARTS) is 1. The Morgan fingerprint density at radius 2 is 2.17 bits per heavy atom. The van der Waals surface area contributed by atoms with Gasteiger partial charge in [-0.2, -0.15) is 0 Å². The Balaban J connectivity index is 2.52. The predicted octanol–water partition coefficient (Wildman–Crippen LogP) is 0.612.